The van der Waals surface area contributed by atoms with E-state index in [1.54, 1.807) is 0 Å². The molecule has 98 valence electrons. The van der Waals surface area contributed by atoms with Crippen LogP contribution in [-0.4, -0.2) is 25.0 Å². The van der Waals surface area contributed by atoms with Crippen molar-refractivity contribution in [2.75, 3.05) is 20.1 Å². The maximum absolute atomic E-state index is 3.67. The molecule has 0 bridgehead atoms. The van der Waals surface area contributed by atoms with E-state index in [-0.39, 0.29) is 0 Å². The van der Waals surface area contributed by atoms with Gasteiger partial charge in [0.15, 0.2) is 0 Å². The summed E-state index contributed by atoms with van der Waals surface area (Å²) in [5.41, 5.74) is 2.77. The smallest absolute Gasteiger partial charge is 0.0470 e. The van der Waals surface area contributed by atoms with Gasteiger partial charge in [-0.25, -0.2) is 0 Å². The Hall–Kier alpha value is -1.64. The number of nitrogens with one attached hydrogen (secondary N) is 1. The minimum absolute atomic E-state index is 0.436. The lowest BCUT2D eigenvalue weighted by atomic mass is 9.98. The van der Waals surface area contributed by atoms with Crippen LogP contribution >= 0.6 is 0 Å². The molecule has 2 unspecified atom stereocenters. The van der Waals surface area contributed by atoms with Crippen LogP contribution in [0.1, 0.15) is 23.2 Å². The van der Waals surface area contributed by atoms with Gasteiger partial charge in [0.05, 0.1) is 0 Å². The molecule has 0 aliphatic carbocycles. The average molecular weight is 252 g/mol. The Morgan fingerprint density at radius 3 is 2.05 bits per heavy atom. The lowest BCUT2D eigenvalue weighted by molar-refractivity contribution is 0.164. The number of hydrogen-bond donors (Lipinski definition) is 1. The van der Waals surface area contributed by atoms with E-state index in [4.69, 9.17) is 0 Å². The zero-order valence-electron chi connectivity index (χ0n) is 11.3. The molecule has 19 heavy (non-hydrogen) atoms. The van der Waals surface area contributed by atoms with E-state index in [2.05, 4.69) is 77.9 Å². The van der Waals surface area contributed by atoms with Crippen molar-refractivity contribution in [1.82, 2.24) is 10.2 Å². The monoisotopic (exact) mass is 252 g/mol. The highest BCUT2D eigenvalue weighted by molar-refractivity contribution is 5.23. The second-order valence-electron chi connectivity index (χ2n) is 5.24. The molecule has 0 saturated carbocycles. The van der Waals surface area contributed by atoms with Crippen LogP contribution in [0.2, 0.25) is 0 Å². The zero-order chi connectivity index (χ0) is 13.1. The van der Waals surface area contributed by atoms with Crippen LogP contribution in [0.4, 0.5) is 0 Å². The van der Waals surface area contributed by atoms with Crippen LogP contribution in [0, 0.1) is 0 Å². The third-order valence-corrected chi connectivity index (χ3v) is 3.95. The first-order valence-electron chi connectivity index (χ1n) is 6.88. The Labute approximate surface area is 115 Å². The Bertz CT molecular complexity index is 509. The molecule has 2 aromatic carbocycles. The Morgan fingerprint density at radius 1 is 0.895 bits per heavy atom. The zero-order valence-corrected chi connectivity index (χ0v) is 11.3. The molecule has 2 nitrogen and oxygen atoms in total. The summed E-state index contributed by atoms with van der Waals surface area (Å²) in [6.07, 6.45) is 0. The number of hydrogen-bond acceptors (Lipinski definition) is 2. The van der Waals surface area contributed by atoms with E-state index < -0.39 is 0 Å². The van der Waals surface area contributed by atoms with Gasteiger partial charge in [-0.1, -0.05) is 60.7 Å². The molecule has 1 aliphatic rings. The largest absolute Gasteiger partial charge is 0.307 e. The first-order valence-corrected chi connectivity index (χ1v) is 6.88. The van der Waals surface area contributed by atoms with Crippen molar-refractivity contribution in [1.29, 1.82) is 0 Å². The van der Waals surface area contributed by atoms with E-state index in [0.29, 0.717) is 12.1 Å². The molecule has 0 aromatic heterocycles. The second-order valence-corrected chi connectivity index (χ2v) is 5.24. The van der Waals surface area contributed by atoms with E-state index in [9.17, 15) is 0 Å². The number of likely N-dealkylation sites (N-methyl/N-ethyl adjacent to an activating group) is 1. The van der Waals surface area contributed by atoms with Crippen LogP contribution in [0.15, 0.2) is 60.7 Å². The normalized spacial score (nSPS) is 24.3. The Morgan fingerprint density at radius 2 is 1.47 bits per heavy atom. The highest BCUT2D eigenvalue weighted by atomic mass is 15.2. The molecule has 0 radical (unpaired) electrons. The van der Waals surface area contributed by atoms with Crippen molar-refractivity contribution in [3.63, 3.8) is 0 Å². The molecule has 2 atom stereocenters. The predicted molar refractivity (Wildman–Crippen MR) is 79.0 cm³/mol. The van der Waals surface area contributed by atoms with Gasteiger partial charge < -0.3 is 5.32 Å². The standard InChI is InChI=1S/C17H20N2/c1-19-13-16(14-8-4-2-5-9-14)18-12-17(19)15-10-6-3-7-11-15/h2-11,16-18H,12-13H2,1H3. The molecule has 0 spiro atoms. The van der Waals surface area contributed by atoms with E-state index in [0.717, 1.165) is 13.1 Å². The third kappa shape index (κ3) is 2.70. The highest BCUT2D eigenvalue weighted by Gasteiger charge is 2.26. The highest BCUT2D eigenvalue weighted by Crippen LogP contribution is 2.26. The summed E-state index contributed by atoms with van der Waals surface area (Å²) in [4.78, 5) is 2.45. The van der Waals surface area contributed by atoms with E-state index >= 15 is 0 Å². The van der Waals surface area contributed by atoms with Crippen molar-refractivity contribution < 1.29 is 0 Å². The maximum atomic E-state index is 3.67. The molecule has 1 aliphatic heterocycles. The number of rotatable bonds is 2. The van der Waals surface area contributed by atoms with Gasteiger partial charge in [0, 0.05) is 25.2 Å². The first-order chi connectivity index (χ1) is 9.34. The Kier molecular flexibility index (Phi) is 3.62. The van der Waals surface area contributed by atoms with Gasteiger partial charge in [-0.3, -0.25) is 4.90 Å². The molecular formula is C17H20N2. The fraction of sp³-hybridized carbons (Fsp3) is 0.294. The van der Waals surface area contributed by atoms with Gasteiger partial charge in [0.25, 0.3) is 0 Å². The molecule has 2 heteroatoms. The van der Waals surface area contributed by atoms with Crippen LogP contribution in [0.3, 0.4) is 0 Å². The van der Waals surface area contributed by atoms with Crippen molar-refractivity contribution in [2.45, 2.75) is 12.1 Å². The van der Waals surface area contributed by atoms with Gasteiger partial charge in [-0.2, -0.15) is 0 Å². The van der Waals surface area contributed by atoms with Crippen LogP contribution in [0.5, 0.6) is 0 Å². The van der Waals surface area contributed by atoms with Crippen molar-refractivity contribution in [3.8, 4) is 0 Å². The van der Waals surface area contributed by atoms with Crippen molar-refractivity contribution in [2.24, 2.45) is 0 Å². The molecule has 1 N–H and O–H groups in total. The lowest BCUT2D eigenvalue weighted by Gasteiger charge is -2.38. The van der Waals surface area contributed by atoms with Gasteiger partial charge >= 0.3 is 0 Å². The van der Waals surface area contributed by atoms with E-state index in [1.165, 1.54) is 11.1 Å². The van der Waals surface area contributed by atoms with Crippen LogP contribution in [-0.2, 0) is 0 Å². The SMILES string of the molecule is CN1CC(c2ccccc2)NCC1c1ccccc1. The predicted octanol–water partition coefficient (Wildman–Crippen LogP) is 3.00. The fourth-order valence-electron chi connectivity index (χ4n) is 2.85. The van der Waals surface area contributed by atoms with Gasteiger partial charge in [-0.15, -0.1) is 0 Å². The van der Waals surface area contributed by atoms with Gasteiger partial charge in [-0.05, 0) is 18.2 Å². The summed E-state index contributed by atoms with van der Waals surface area (Å²) in [5, 5.41) is 3.67. The molecule has 1 saturated heterocycles. The molecule has 0 amide bonds. The fourth-order valence-corrected chi connectivity index (χ4v) is 2.85. The summed E-state index contributed by atoms with van der Waals surface area (Å²) >= 11 is 0. The van der Waals surface area contributed by atoms with Gasteiger partial charge in [0.2, 0.25) is 0 Å². The topological polar surface area (TPSA) is 15.3 Å². The minimum Gasteiger partial charge on any atom is -0.307 e. The van der Waals surface area contributed by atoms with E-state index in [1.807, 2.05) is 0 Å². The third-order valence-electron chi connectivity index (χ3n) is 3.95. The average Bonchev–Trinajstić information content (AvgIpc) is 2.49. The van der Waals surface area contributed by atoms with Gasteiger partial charge in [0.1, 0.15) is 0 Å². The molecule has 1 heterocycles. The molecular weight excluding hydrogens is 232 g/mol. The summed E-state index contributed by atoms with van der Waals surface area (Å²) in [7, 11) is 2.22. The molecule has 2 aromatic rings. The number of piperazine rings is 1. The summed E-state index contributed by atoms with van der Waals surface area (Å²) in [5.74, 6) is 0. The summed E-state index contributed by atoms with van der Waals surface area (Å²) < 4.78 is 0. The minimum atomic E-state index is 0.436. The summed E-state index contributed by atoms with van der Waals surface area (Å²) in [6.45, 7) is 2.05. The van der Waals surface area contributed by atoms with Crippen LogP contribution in [0.25, 0.3) is 0 Å². The second kappa shape index (κ2) is 5.55. The molecule has 3 rings (SSSR count). The first kappa shape index (κ1) is 12.4. The van der Waals surface area contributed by atoms with Crippen molar-refractivity contribution >= 4 is 0 Å². The summed E-state index contributed by atoms with van der Waals surface area (Å²) in [6, 6.07) is 22.3. The van der Waals surface area contributed by atoms with Crippen LogP contribution < -0.4 is 5.32 Å². The number of nitrogens with zero attached hydrogens (tertiary/aromatic N) is 1. The quantitative estimate of drug-likeness (QED) is 0.884. The van der Waals surface area contributed by atoms with Crippen molar-refractivity contribution in [3.05, 3.63) is 71.8 Å². The maximum Gasteiger partial charge on any atom is 0.0470 e. The number of benzene rings is 2. The Balaban J connectivity index is 1.73. The lowest BCUT2D eigenvalue weighted by Crippen LogP contribution is -2.45. The molecule has 1 fully saturated rings.